The fourth-order valence-electron chi connectivity index (χ4n) is 9.93. The van der Waals surface area contributed by atoms with Gasteiger partial charge >= 0.3 is 0 Å². The molecule has 0 aromatic heterocycles. The Morgan fingerprint density at radius 1 is 0.397 bits per heavy atom. The van der Waals surface area contributed by atoms with Crippen molar-refractivity contribution in [2.75, 3.05) is 14.2 Å². The summed E-state index contributed by atoms with van der Waals surface area (Å²) >= 11 is 0. The minimum Gasteiger partial charge on any atom is -0.375 e. The van der Waals surface area contributed by atoms with Crippen molar-refractivity contribution in [1.82, 2.24) is 4.67 Å². The van der Waals surface area contributed by atoms with Crippen molar-refractivity contribution in [1.29, 1.82) is 0 Å². The maximum Gasteiger partial charge on any atom is 0.262 e. The second-order valence-electron chi connectivity index (χ2n) is 23.1. The van der Waals surface area contributed by atoms with Crippen molar-refractivity contribution in [3.63, 3.8) is 0 Å². The molecule has 1 saturated heterocycles. The Bertz CT molecular complexity index is 2250. The van der Waals surface area contributed by atoms with Crippen LogP contribution in [0.1, 0.15) is 165 Å². The molecule has 0 radical (unpaired) electrons. The van der Waals surface area contributed by atoms with Gasteiger partial charge in [0, 0.05) is 26.3 Å². The monoisotopic (exact) mass is 932 g/mol. The number of benzene rings is 6. The Kier molecular flexibility index (Phi) is 14.9. The lowest BCUT2D eigenvalue weighted by molar-refractivity contribution is -0.152. The highest BCUT2D eigenvalue weighted by Gasteiger charge is 2.63. The molecule has 1 heterocycles. The molecule has 0 bridgehead atoms. The number of methoxy groups -OCH3 is 2. The molecule has 0 N–H and O–H groups in total. The van der Waals surface area contributed by atoms with Crippen LogP contribution in [0.5, 0.6) is 0 Å². The van der Waals surface area contributed by atoms with Crippen LogP contribution in [0.4, 0.5) is 0 Å². The minimum absolute atomic E-state index is 0.0730. The highest BCUT2D eigenvalue weighted by atomic mass is 31.2. The Labute approximate surface area is 411 Å². The van der Waals surface area contributed by atoms with Gasteiger partial charge in [0.2, 0.25) is 0 Å². The van der Waals surface area contributed by atoms with E-state index in [0.29, 0.717) is 0 Å². The summed E-state index contributed by atoms with van der Waals surface area (Å²) in [6.07, 6.45) is -1.52. The SMILES string of the molecule is CO[C@@H]1[C@@H](OC)C(c2ccc(C(C)(C)C)cc2)(c2ccc(C(C)(C)C)cc2)OP(N([C@H](C)c2ccccc2)[C@H](C)c2ccccc2)OC1(c1ccc(C(C)(C)C)cc1)c1ccc(C(C)(C)C)cc1. The van der Waals surface area contributed by atoms with Crippen molar-refractivity contribution in [2.24, 2.45) is 0 Å². The first kappa shape index (κ1) is 51.4. The zero-order chi connectivity index (χ0) is 49.5. The van der Waals surface area contributed by atoms with Crippen molar-refractivity contribution in [3.8, 4) is 0 Å². The number of hydrogen-bond donors (Lipinski definition) is 0. The van der Waals surface area contributed by atoms with Crippen molar-refractivity contribution < 1.29 is 18.5 Å². The fourth-order valence-corrected chi connectivity index (χ4v) is 12.1. The molecule has 0 saturated carbocycles. The van der Waals surface area contributed by atoms with Crippen LogP contribution in [-0.4, -0.2) is 31.1 Å². The number of rotatable bonds is 11. The second kappa shape index (κ2) is 19.7. The average molecular weight is 932 g/mol. The quantitative estimate of drug-likeness (QED) is 0.121. The summed E-state index contributed by atoms with van der Waals surface area (Å²) in [5.41, 5.74) is 8.25. The molecule has 68 heavy (non-hydrogen) atoms. The van der Waals surface area contributed by atoms with E-state index in [1.807, 2.05) is 14.2 Å². The third kappa shape index (κ3) is 10.1. The third-order valence-electron chi connectivity index (χ3n) is 14.3. The maximum atomic E-state index is 8.32. The Hall–Kier alpha value is -4.45. The topological polar surface area (TPSA) is 40.2 Å². The summed E-state index contributed by atoms with van der Waals surface area (Å²) in [5.74, 6) is 0. The van der Waals surface area contributed by atoms with E-state index in [2.05, 4.69) is 259 Å². The maximum absolute atomic E-state index is 8.32. The minimum atomic E-state index is -2.07. The third-order valence-corrected chi connectivity index (χ3v) is 16.3. The lowest BCUT2D eigenvalue weighted by atomic mass is 9.70. The molecule has 1 aliphatic rings. The van der Waals surface area contributed by atoms with Gasteiger partial charge in [-0.15, -0.1) is 0 Å². The molecule has 4 atom stereocenters. The molecule has 6 aromatic rings. The molecular weight excluding hydrogens is 854 g/mol. The molecule has 0 unspecified atom stereocenters. The van der Waals surface area contributed by atoms with Crippen LogP contribution in [0.3, 0.4) is 0 Å². The molecule has 1 fully saturated rings. The summed E-state index contributed by atoms with van der Waals surface area (Å²) < 4.78 is 33.4. The predicted octanol–water partition coefficient (Wildman–Crippen LogP) is 16.2. The average Bonchev–Trinajstić information content (AvgIpc) is 3.44. The summed E-state index contributed by atoms with van der Waals surface area (Å²) in [7, 11) is 1.55. The molecule has 6 aromatic carbocycles. The van der Waals surface area contributed by atoms with Gasteiger partial charge in [0.05, 0.1) is 0 Å². The fraction of sp³-hybridized carbons (Fsp3) is 0.419. The van der Waals surface area contributed by atoms with Crippen LogP contribution < -0.4 is 0 Å². The molecule has 1 aliphatic heterocycles. The molecule has 0 spiro atoms. The molecule has 5 nitrogen and oxygen atoms in total. The van der Waals surface area contributed by atoms with Gasteiger partial charge in [-0.1, -0.05) is 241 Å². The van der Waals surface area contributed by atoms with E-state index in [0.717, 1.165) is 33.4 Å². The lowest BCUT2D eigenvalue weighted by Gasteiger charge is -2.45. The van der Waals surface area contributed by atoms with Gasteiger partial charge < -0.3 is 18.5 Å². The first-order valence-corrected chi connectivity index (χ1v) is 25.7. The van der Waals surface area contributed by atoms with Gasteiger partial charge in [0.15, 0.2) is 11.2 Å². The first-order valence-electron chi connectivity index (χ1n) is 24.5. The van der Waals surface area contributed by atoms with Crippen molar-refractivity contribution in [2.45, 2.75) is 154 Å². The zero-order valence-corrected chi connectivity index (χ0v) is 44.7. The van der Waals surface area contributed by atoms with Gasteiger partial charge in [-0.05, 0) is 91.1 Å². The summed E-state index contributed by atoms with van der Waals surface area (Å²) in [4.78, 5) is 0. The Balaban J connectivity index is 1.66. The summed E-state index contributed by atoms with van der Waals surface area (Å²) in [6.45, 7) is 31.7. The molecular formula is C62H78NO4P. The van der Waals surface area contributed by atoms with Crippen molar-refractivity contribution >= 4 is 8.53 Å². The lowest BCUT2D eigenvalue weighted by Crippen LogP contribution is -2.56. The van der Waals surface area contributed by atoms with E-state index in [9.17, 15) is 0 Å². The van der Waals surface area contributed by atoms with Crippen LogP contribution in [0.15, 0.2) is 158 Å². The molecule has 0 amide bonds. The zero-order valence-electron chi connectivity index (χ0n) is 43.8. The van der Waals surface area contributed by atoms with Crippen LogP contribution >= 0.6 is 8.53 Å². The summed E-state index contributed by atoms with van der Waals surface area (Å²) in [5, 5.41) is 0. The van der Waals surface area contributed by atoms with Crippen LogP contribution in [0.2, 0.25) is 0 Å². The standard InChI is InChI=1S/C62H78NO4P/c1-43(45-23-19-17-20-24-45)63(44(2)46-25-21-18-22-26-46)68-66-61(51-35-27-47(28-36-51)57(3,4)5,52-37-29-48(30-38-52)58(6,7)8)55(64-15)56(65-16)62(67-68,53-39-31-49(32-40-53)59(9,10)11)54-41-33-50(34-42-54)60(12,13)14/h17-44,55-56H,1-16H3/t43-,44-,55-,56-/m1/s1. The van der Waals surface area contributed by atoms with Crippen LogP contribution in [0, 0.1) is 0 Å². The van der Waals surface area contributed by atoms with Gasteiger partial charge in [-0.25, -0.2) is 4.67 Å². The normalized spacial score (nSPS) is 19.1. The van der Waals surface area contributed by atoms with Gasteiger partial charge in [-0.3, -0.25) is 0 Å². The van der Waals surface area contributed by atoms with E-state index < -0.39 is 31.9 Å². The molecule has 0 aliphatic carbocycles. The molecule has 6 heteroatoms. The summed E-state index contributed by atoms with van der Waals surface area (Å²) in [6, 6.07) is 57.2. The predicted molar refractivity (Wildman–Crippen MR) is 284 cm³/mol. The Morgan fingerprint density at radius 3 is 0.838 bits per heavy atom. The van der Waals surface area contributed by atoms with E-state index in [1.165, 1.54) is 22.3 Å². The van der Waals surface area contributed by atoms with Gasteiger partial charge in [-0.2, -0.15) is 0 Å². The van der Waals surface area contributed by atoms with E-state index in [1.54, 1.807) is 0 Å². The molecule has 7 rings (SSSR count). The Morgan fingerprint density at radius 2 is 0.632 bits per heavy atom. The smallest absolute Gasteiger partial charge is 0.262 e. The highest BCUT2D eigenvalue weighted by Crippen LogP contribution is 2.67. The van der Waals surface area contributed by atoms with Gasteiger partial charge in [0.25, 0.3) is 8.53 Å². The highest BCUT2D eigenvalue weighted by molar-refractivity contribution is 7.44. The first-order chi connectivity index (χ1) is 32.0. The second-order valence-corrected chi connectivity index (χ2v) is 24.4. The number of ether oxygens (including phenoxy) is 2. The molecule has 360 valence electrons. The van der Waals surface area contributed by atoms with Crippen molar-refractivity contribution in [3.05, 3.63) is 213 Å². The van der Waals surface area contributed by atoms with E-state index in [-0.39, 0.29) is 33.7 Å². The van der Waals surface area contributed by atoms with E-state index >= 15 is 0 Å². The largest absolute Gasteiger partial charge is 0.375 e. The van der Waals surface area contributed by atoms with Crippen LogP contribution in [0.25, 0.3) is 0 Å². The van der Waals surface area contributed by atoms with Crippen LogP contribution in [-0.2, 0) is 51.4 Å². The van der Waals surface area contributed by atoms with Gasteiger partial charge in [0.1, 0.15) is 12.2 Å². The number of nitrogens with zero attached hydrogens (tertiary/aromatic N) is 1. The number of hydrogen-bond acceptors (Lipinski definition) is 5. The van der Waals surface area contributed by atoms with E-state index in [4.69, 9.17) is 18.5 Å².